The lowest BCUT2D eigenvalue weighted by molar-refractivity contribution is -0.384. The Morgan fingerprint density at radius 2 is 2.47 bits per heavy atom. The minimum absolute atomic E-state index is 0.0475. The molecule has 6 nitrogen and oxygen atoms in total. The fourth-order valence-electron chi connectivity index (χ4n) is 1.23. The minimum Gasteiger partial charge on any atom is -0.361 e. The van der Waals surface area contributed by atoms with Crippen LogP contribution < -0.4 is 5.32 Å². The van der Waals surface area contributed by atoms with Crippen LogP contribution in [0.2, 0.25) is 5.28 Å². The van der Waals surface area contributed by atoms with Crippen LogP contribution in [0.15, 0.2) is 6.20 Å². The molecular weight excluding hydrogens is 244 g/mol. The first kappa shape index (κ1) is 13.2. The van der Waals surface area contributed by atoms with Crippen LogP contribution >= 0.6 is 11.6 Å². The average molecular weight is 255 g/mol. The monoisotopic (exact) mass is 254 g/mol. The molecule has 0 spiro atoms. The molecule has 0 aliphatic carbocycles. The molecule has 7 heteroatoms. The molecule has 0 aromatic carbocycles. The molecule has 0 aliphatic heterocycles. The summed E-state index contributed by atoms with van der Waals surface area (Å²) in [4.78, 5) is 17.6. The van der Waals surface area contributed by atoms with Crippen LogP contribution in [0, 0.1) is 22.5 Å². The first-order valence-corrected chi connectivity index (χ1v) is 5.33. The van der Waals surface area contributed by atoms with Crippen molar-refractivity contribution in [2.75, 3.05) is 5.32 Å². The summed E-state index contributed by atoms with van der Waals surface area (Å²) in [6, 6.07) is -0.0790. The van der Waals surface area contributed by atoms with Crippen LogP contribution in [0.5, 0.6) is 0 Å². The SMILES string of the molecule is C#CCC(CC)Nc1nc(Cl)ncc1[N+](=O)[O-]. The van der Waals surface area contributed by atoms with E-state index in [4.69, 9.17) is 18.0 Å². The van der Waals surface area contributed by atoms with Crippen molar-refractivity contribution >= 4 is 23.1 Å². The van der Waals surface area contributed by atoms with Gasteiger partial charge in [-0.15, -0.1) is 12.3 Å². The summed E-state index contributed by atoms with van der Waals surface area (Å²) < 4.78 is 0. The number of halogens is 1. The largest absolute Gasteiger partial charge is 0.361 e. The first-order valence-electron chi connectivity index (χ1n) is 4.95. The number of nitrogens with zero attached hydrogens (tertiary/aromatic N) is 3. The first-order chi connectivity index (χ1) is 8.08. The molecule has 90 valence electrons. The molecule has 1 heterocycles. The second-order valence-electron chi connectivity index (χ2n) is 3.29. The normalized spacial score (nSPS) is 11.6. The van der Waals surface area contributed by atoms with E-state index in [0.29, 0.717) is 6.42 Å². The van der Waals surface area contributed by atoms with E-state index in [1.165, 1.54) is 0 Å². The van der Waals surface area contributed by atoms with Crippen molar-refractivity contribution in [2.24, 2.45) is 0 Å². The Labute approximate surface area is 104 Å². The molecule has 0 aliphatic rings. The molecule has 0 radical (unpaired) electrons. The molecule has 0 saturated heterocycles. The van der Waals surface area contributed by atoms with Crippen molar-refractivity contribution in [2.45, 2.75) is 25.8 Å². The van der Waals surface area contributed by atoms with Crippen LogP contribution in [-0.2, 0) is 0 Å². The molecule has 17 heavy (non-hydrogen) atoms. The molecule has 1 rings (SSSR count). The van der Waals surface area contributed by atoms with Gasteiger partial charge in [0.15, 0.2) is 0 Å². The van der Waals surface area contributed by atoms with Crippen LogP contribution in [-0.4, -0.2) is 20.9 Å². The third-order valence-corrected chi connectivity index (χ3v) is 2.32. The smallest absolute Gasteiger partial charge is 0.329 e. The van der Waals surface area contributed by atoms with Gasteiger partial charge in [-0.05, 0) is 18.0 Å². The zero-order valence-corrected chi connectivity index (χ0v) is 9.94. The van der Waals surface area contributed by atoms with Crippen LogP contribution in [0.3, 0.4) is 0 Å². The lowest BCUT2D eigenvalue weighted by Gasteiger charge is -2.14. The van der Waals surface area contributed by atoms with E-state index in [1.54, 1.807) is 0 Å². The van der Waals surface area contributed by atoms with Gasteiger partial charge in [-0.25, -0.2) is 4.98 Å². The van der Waals surface area contributed by atoms with Crippen molar-refractivity contribution in [1.29, 1.82) is 0 Å². The fraction of sp³-hybridized carbons (Fsp3) is 0.400. The Kier molecular flexibility index (Phi) is 4.67. The maximum Gasteiger partial charge on any atom is 0.329 e. The lowest BCUT2D eigenvalue weighted by atomic mass is 10.1. The molecule has 1 unspecified atom stereocenters. The second-order valence-corrected chi connectivity index (χ2v) is 3.63. The number of anilines is 1. The van der Waals surface area contributed by atoms with Crippen molar-refractivity contribution in [3.05, 3.63) is 21.6 Å². The van der Waals surface area contributed by atoms with Gasteiger partial charge < -0.3 is 5.32 Å². The summed E-state index contributed by atoms with van der Waals surface area (Å²) in [5, 5.41) is 13.6. The molecule has 0 bridgehead atoms. The number of hydrogen-bond acceptors (Lipinski definition) is 5. The lowest BCUT2D eigenvalue weighted by Crippen LogP contribution is -2.19. The number of rotatable bonds is 5. The molecule has 1 aromatic rings. The van der Waals surface area contributed by atoms with Crippen LogP contribution in [0.1, 0.15) is 19.8 Å². The van der Waals surface area contributed by atoms with Crippen molar-refractivity contribution in [3.8, 4) is 12.3 Å². The van der Waals surface area contributed by atoms with Gasteiger partial charge in [0.05, 0.1) is 4.92 Å². The zero-order chi connectivity index (χ0) is 12.8. The van der Waals surface area contributed by atoms with Crippen molar-refractivity contribution in [3.63, 3.8) is 0 Å². The van der Waals surface area contributed by atoms with Crippen LogP contribution in [0.4, 0.5) is 11.5 Å². The standard InChI is InChI=1S/C10H11ClN4O2/c1-3-5-7(4-2)13-9-8(15(16)17)6-12-10(11)14-9/h1,6-7H,4-5H2,2H3,(H,12,13,14). The molecule has 1 N–H and O–H groups in total. The van der Waals surface area contributed by atoms with Gasteiger partial charge >= 0.3 is 5.69 Å². The van der Waals surface area contributed by atoms with E-state index in [1.807, 2.05) is 6.92 Å². The number of hydrogen-bond donors (Lipinski definition) is 1. The Morgan fingerprint density at radius 3 is 3.00 bits per heavy atom. The van der Waals surface area contributed by atoms with Gasteiger partial charge in [0.25, 0.3) is 0 Å². The Bertz CT molecular complexity index is 458. The fourth-order valence-corrected chi connectivity index (χ4v) is 1.36. The topological polar surface area (TPSA) is 81.0 Å². The van der Waals surface area contributed by atoms with Gasteiger partial charge in [0.1, 0.15) is 6.20 Å². The minimum atomic E-state index is -0.568. The van der Waals surface area contributed by atoms with Gasteiger partial charge in [0.2, 0.25) is 11.1 Å². The van der Waals surface area contributed by atoms with Crippen LogP contribution in [0.25, 0.3) is 0 Å². The molecule has 1 aromatic heterocycles. The van der Waals surface area contributed by atoms with E-state index in [9.17, 15) is 10.1 Å². The highest BCUT2D eigenvalue weighted by atomic mass is 35.5. The highest BCUT2D eigenvalue weighted by molar-refractivity contribution is 6.28. The summed E-state index contributed by atoms with van der Waals surface area (Å²) in [5.74, 6) is 2.59. The second kappa shape index (κ2) is 6.01. The maximum absolute atomic E-state index is 10.8. The highest BCUT2D eigenvalue weighted by Gasteiger charge is 2.19. The molecule has 0 saturated carbocycles. The van der Waals surface area contributed by atoms with E-state index in [2.05, 4.69) is 21.2 Å². The van der Waals surface area contributed by atoms with E-state index < -0.39 is 4.92 Å². The quantitative estimate of drug-likeness (QED) is 0.377. The number of nitro groups is 1. The summed E-state index contributed by atoms with van der Waals surface area (Å²) in [6.45, 7) is 1.92. The number of nitrogens with one attached hydrogen (secondary N) is 1. The van der Waals surface area contributed by atoms with Gasteiger partial charge in [-0.1, -0.05) is 6.92 Å². The predicted molar refractivity (Wildman–Crippen MR) is 64.8 cm³/mol. The Hall–Kier alpha value is -1.87. The summed E-state index contributed by atoms with van der Waals surface area (Å²) in [7, 11) is 0. The highest BCUT2D eigenvalue weighted by Crippen LogP contribution is 2.23. The average Bonchev–Trinajstić information content (AvgIpc) is 2.28. The molecular formula is C10H11ClN4O2. The summed E-state index contributed by atoms with van der Waals surface area (Å²) >= 11 is 5.60. The zero-order valence-electron chi connectivity index (χ0n) is 9.18. The number of aromatic nitrogens is 2. The predicted octanol–water partition coefficient (Wildman–Crippen LogP) is 2.25. The van der Waals surface area contributed by atoms with Crippen molar-refractivity contribution in [1.82, 2.24) is 9.97 Å². The molecule has 0 amide bonds. The Balaban J connectivity index is 2.99. The van der Waals surface area contributed by atoms with Gasteiger partial charge in [-0.3, -0.25) is 10.1 Å². The van der Waals surface area contributed by atoms with E-state index >= 15 is 0 Å². The third-order valence-electron chi connectivity index (χ3n) is 2.13. The van der Waals surface area contributed by atoms with E-state index in [-0.39, 0.29) is 22.8 Å². The number of terminal acetylenes is 1. The third kappa shape index (κ3) is 3.57. The van der Waals surface area contributed by atoms with Gasteiger partial charge in [0, 0.05) is 12.5 Å². The molecule has 1 atom stereocenters. The summed E-state index contributed by atoms with van der Waals surface area (Å²) in [6.07, 6.45) is 7.45. The maximum atomic E-state index is 10.8. The van der Waals surface area contributed by atoms with Gasteiger partial charge in [-0.2, -0.15) is 4.98 Å². The van der Waals surface area contributed by atoms with E-state index in [0.717, 1.165) is 12.6 Å². The molecule has 0 fully saturated rings. The van der Waals surface area contributed by atoms with Crippen molar-refractivity contribution < 1.29 is 4.92 Å². The summed E-state index contributed by atoms with van der Waals surface area (Å²) in [5.41, 5.74) is -0.218. The Morgan fingerprint density at radius 1 is 1.76 bits per heavy atom.